The summed E-state index contributed by atoms with van der Waals surface area (Å²) in [6.45, 7) is 1.75. The van der Waals surface area contributed by atoms with Gasteiger partial charge >= 0.3 is 0 Å². The lowest BCUT2D eigenvalue weighted by Crippen LogP contribution is -2.22. The van der Waals surface area contributed by atoms with Gasteiger partial charge in [-0.2, -0.15) is 0 Å². The Morgan fingerprint density at radius 1 is 1.32 bits per heavy atom. The molecule has 0 aliphatic carbocycles. The molecule has 1 aromatic heterocycles. The molecule has 22 heavy (non-hydrogen) atoms. The van der Waals surface area contributed by atoms with Gasteiger partial charge in [0.25, 0.3) is 5.69 Å². The molecule has 8 heteroatoms. The molecule has 0 spiro atoms. The molecule has 2 aromatic rings. The van der Waals surface area contributed by atoms with E-state index < -0.39 is 4.92 Å². The number of nitrogens with one attached hydrogen (secondary N) is 1. The number of nitrogens with zero attached hydrogens (tertiary/aromatic N) is 2. The molecule has 6 nitrogen and oxygen atoms in total. The molecular weight excluding hydrogens is 326 g/mol. The average Bonchev–Trinajstić information content (AvgIpc) is 2.50. The predicted molar refractivity (Wildman–Crippen MR) is 86.3 cm³/mol. The number of aromatic nitrogens is 1. The van der Waals surface area contributed by atoms with Gasteiger partial charge in [0.2, 0.25) is 5.91 Å². The third-order valence-corrected chi connectivity index (χ3v) is 4.04. The van der Waals surface area contributed by atoms with Crippen LogP contribution >= 0.6 is 23.4 Å². The minimum absolute atomic E-state index is 0.0202. The van der Waals surface area contributed by atoms with E-state index in [1.165, 1.54) is 30.1 Å². The summed E-state index contributed by atoms with van der Waals surface area (Å²) in [6, 6.07) is 9.31. The number of pyridine rings is 1. The summed E-state index contributed by atoms with van der Waals surface area (Å²) in [4.78, 5) is 27.0. The van der Waals surface area contributed by atoms with Crippen molar-refractivity contribution in [3.63, 3.8) is 0 Å². The number of hydrogen-bond acceptors (Lipinski definition) is 5. The van der Waals surface area contributed by atoms with Crippen LogP contribution in [0.2, 0.25) is 5.02 Å². The van der Waals surface area contributed by atoms with Crippen molar-refractivity contribution >= 4 is 40.8 Å². The second-order valence-electron chi connectivity index (χ2n) is 4.36. The van der Waals surface area contributed by atoms with Crippen LogP contribution in [0.4, 0.5) is 11.5 Å². The highest BCUT2D eigenvalue weighted by molar-refractivity contribution is 8.00. The summed E-state index contributed by atoms with van der Waals surface area (Å²) in [5.74, 6) is 0.212. The molecule has 0 fully saturated rings. The number of carbonyl (C=O) groups excluding carboxylic acids is 1. The minimum Gasteiger partial charge on any atom is -0.310 e. The Kier molecular flexibility index (Phi) is 5.35. The van der Waals surface area contributed by atoms with Crippen LogP contribution in [0.1, 0.15) is 6.92 Å². The Hall–Kier alpha value is -2.12. The van der Waals surface area contributed by atoms with E-state index in [4.69, 9.17) is 11.6 Å². The predicted octanol–water partition coefficient (Wildman–Crippen LogP) is 3.76. The first-order chi connectivity index (χ1) is 10.5. The Labute approximate surface area is 136 Å². The van der Waals surface area contributed by atoms with Gasteiger partial charge in [-0.15, -0.1) is 11.8 Å². The number of hydrogen-bond donors (Lipinski definition) is 1. The summed E-state index contributed by atoms with van der Waals surface area (Å²) in [7, 11) is 0. The van der Waals surface area contributed by atoms with Crippen molar-refractivity contribution in [2.24, 2.45) is 0 Å². The van der Waals surface area contributed by atoms with E-state index in [0.717, 1.165) is 4.90 Å². The molecule has 0 aliphatic rings. The Morgan fingerprint density at radius 3 is 2.55 bits per heavy atom. The van der Waals surface area contributed by atoms with E-state index in [0.29, 0.717) is 10.8 Å². The zero-order valence-electron chi connectivity index (χ0n) is 11.5. The van der Waals surface area contributed by atoms with E-state index in [-0.39, 0.29) is 16.8 Å². The highest BCUT2D eigenvalue weighted by Crippen LogP contribution is 2.26. The highest BCUT2D eigenvalue weighted by Gasteiger charge is 2.15. The van der Waals surface area contributed by atoms with Crippen LogP contribution in [0.25, 0.3) is 0 Å². The van der Waals surface area contributed by atoms with E-state index in [9.17, 15) is 14.9 Å². The first kappa shape index (κ1) is 16.3. The molecule has 114 valence electrons. The lowest BCUT2D eigenvalue weighted by molar-refractivity contribution is -0.384. The maximum Gasteiger partial charge on any atom is 0.269 e. The first-order valence-electron chi connectivity index (χ1n) is 6.29. The zero-order chi connectivity index (χ0) is 16.1. The highest BCUT2D eigenvalue weighted by atomic mass is 35.5. The van der Waals surface area contributed by atoms with Crippen LogP contribution in [-0.2, 0) is 4.79 Å². The van der Waals surface area contributed by atoms with Crippen molar-refractivity contribution in [1.29, 1.82) is 0 Å². The third kappa shape index (κ3) is 4.44. The topological polar surface area (TPSA) is 85.1 Å². The number of benzene rings is 1. The van der Waals surface area contributed by atoms with Crippen LogP contribution in [0.3, 0.4) is 0 Å². The molecule has 1 aromatic carbocycles. The summed E-state index contributed by atoms with van der Waals surface area (Å²) in [6.07, 6.45) is 1.45. The van der Waals surface area contributed by atoms with Crippen molar-refractivity contribution in [3.8, 4) is 0 Å². The molecule has 0 saturated carbocycles. The Balaban J connectivity index is 1.95. The van der Waals surface area contributed by atoms with Gasteiger partial charge < -0.3 is 5.32 Å². The first-order valence-corrected chi connectivity index (χ1v) is 7.55. The molecule has 1 amide bonds. The molecule has 2 rings (SSSR count). The van der Waals surface area contributed by atoms with Gasteiger partial charge in [0, 0.05) is 23.2 Å². The lowest BCUT2D eigenvalue weighted by atomic mass is 10.3. The SMILES string of the molecule is CC(Sc1ccc([N+](=O)[O-])cc1)C(=O)Nc1ccc(Cl)cn1. The maximum absolute atomic E-state index is 12.1. The van der Waals surface area contributed by atoms with Gasteiger partial charge in [-0.1, -0.05) is 11.6 Å². The van der Waals surface area contributed by atoms with Crippen LogP contribution < -0.4 is 5.32 Å². The second-order valence-corrected chi connectivity index (χ2v) is 6.21. The molecule has 0 aliphatic heterocycles. The number of rotatable bonds is 5. The van der Waals surface area contributed by atoms with E-state index in [1.807, 2.05) is 0 Å². The van der Waals surface area contributed by atoms with Crippen molar-refractivity contribution in [2.75, 3.05) is 5.32 Å². The van der Waals surface area contributed by atoms with Crippen LogP contribution in [0, 0.1) is 10.1 Å². The van der Waals surface area contributed by atoms with Crippen LogP contribution in [0.15, 0.2) is 47.5 Å². The number of nitro benzene ring substituents is 1. The largest absolute Gasteiger partial charge is 0.310 e. The molecular formula is C14H12ClN3O3S. The van der Waals surface area contributed by atoms with Crippen molar-refractivity contribution in [1.82, 2.24) is 4.98 Å². The van der Waals surface area contributed by atoms with Gasteiger partial charge in [-0.3, -0.25) is 14.9 Å². The Morgan fingerprint density at radius 2 is 2.00 bits per heavy atom. The molecule has 0 radical (unpaired) electrons. The quantitative estimate of drug-likeness (QED) is 0.510. The normalized spacial score (nSPS) is 11.7. The van der Waals surface area contributed by atoms with Crippen molar-refractivity contribution < 1.29 is 9.72 Å². The average molecular weight is 338 g/mol. The van der Waals surface area contributed by atoms with Crippen LogP contribution in [-0.4, -0.2) is 21.1 Å². The molecule has 0 bridgehead atoms. The van der Waals surface area contributed by atoms with Gasteiger partial charge in [0.15, 0.2) is 0 Å². The number of non-ortho nitro benzene ring substituents is 1. The number of carbonyl (C=O) groups is 1. The van der Waals surface area contributed by atoms with E-state index in [2.05, 4.69) is 10.3 Å². The van der Waals surface area contributed by atoms with Crippen LogP contribution in [0.5, 0.6) is 0 Å². The van der Waals surface area contributed by atoms with E-state index >= 15 is 0 Å². The minimum atomic E-state index is -0.462. The standard InChI is InChI=1S/C14H12ClN3O3S/c1-9(14(19)17-13-7-2-10(15)8-16-13)22-12-5-3-11(4-6-12)18(20)21/h2-9H,1H3,(H,16,17,19). The summed E-state index contributed by atoms with van der Waals surface area (Å²) >= 11 is 7.03. The third-order valence-electron chi connectivity index (χ3n) is 2.71. The fraction of sp³-hybridized carbons (Fsp3) is 0.143. The van der Waals surface area contributed by atoms with Gasteiger partial charge in [0.1, 0.15) is 5.82 Å². The molecule has 1 atom stereocenters. The van der Waals surface area contributed by atoms with Gasteiger partial charge in [0.05, 0.1) is 15.2 Å². The molecule has 1 N–H and O–H groups in total. The van der Waals surface area contributed by atoms with E-state index in [1.54, 1.807) is 31.2 Å². The second kappa shape index (κ2) is 7.24. The smallest absolute Gasteiger partial charge is 0.269 e. The Bertz CT molecular complexity index is 677. The number of thioether (sulfide) groups is 1. The summed E-state index contributed by atoms with van der Waals surface area (Å²) in [5, 5.41) is 13.4. The number of nitro groups is 1. The molecule has 1 heterocycles. The number of anilines is 1. The summed E-state index contributed by atoms with van der Waals surface area (Å²) in [5.41, 5.74) is 0.0202. The number of amides is 1. The van der Waals surface area contributed by atoms with Gasteiger partial charge in [-0.25, -0.2) is 4.98 Å². The zero-order valence-corrected chi connectivity index (χ0v) is 13.1. The van der Waals surface area contributed by atoms with Crippen molar-refractivity contribution in [2.45, 2.75) is 17.1 Å². The monoisotopic (exact) mass is 337 g/mol. The number of halogens is 1. The fourth-order valence-electron chi connectivity index (χ4n) is 1.58. The molecule has 1 unspecified atom stereocenters. The fourth-order valence-corrected chi connectivity index (χ4v) is 2.56. The molecule has 0 saturated heterocycles. The summed E-state index contributed by atoms with van der Waals surface area (Å²) < 4.78 is 0. The van der Waals surface area contributed by atoms with Gasteiger partial charge in [-0.05, 0) is 31.2 Å². The maximum atomic E-state index is 12.1. The lowest BCUT2D eigenvalue weighted by Gasteiger charge is -2.11. The van der Waals surface area contributed by atoms with Crippen molar-refractivity contribution in [3.05, 3.63) is 57.7 Å².